The molecule has 0 amide bonds. The third-order valence-corrected chi connectivity index (χ3v) is 3.97. The fourth-order valence-corrected chi connectivity index (χ4v) is 2.66. The number of imidazole rings is 1. The Balaban J connectivity index is 1.80. The van der Waals surface area contributed by atoms with Crippen LogP contribution in [0.2, 0.25) is 0 Å². The molecule has 26 heavy (non-hydrogen) atoms. The van der Waals surface area contributed by atoms with Gasteiger partial charge in [-0.15, -0.1) is 0 Å². The van der Waals surface area contributed by atoms with Crippen LogP contribution in [-0.4, -0.2) is 30.6 Å². The fraction of sp³-hybridized carbons (Fsp3) is 0.0526. The first-order chi connectivity index (χ1) is 12.7. The Bertz CT molecular complexity index is 1060. The molecule has 0 unspecified atom stereocenters. The molecule has 2 aromatic heterocycles. The minimum atomic E-state index is -0.986. The summed E-state index contributed by atoms with van der Waals surface area (Å²) in [5.41, 5.74) is 1.95. The van der Waals surface area contributed by atoms with Crippen molar-refractivity contribution >= 4 is 22.7 Å². The van der Waals surface area contributed by atoms with Gasteiger partial charge in [-0.25, -0.2) is 14.8 Å². The van der Waals surface area contributed by atoms with Crippen LogP contribution in [0.1, 0.15) is 15.9 Å². The number of rotatable bonds is 5. The van der Waals surface area contributed by atoms with E-state index < -0.39 is 5.97 Å². The van der Waals surface area contributed by atoms with Gasteiger partial charge in [-0.05, 0) is 23.8 Å². The molecule has 2 N–H and O–H groups in total. The van der Waals surface area contributed by atoms with Crippen molar-refractivity contribution in [3.05, 3.63) is 78.4 Å². The van der Waals surface area contributed by atoms with E-state index in [0.717, 1.165) is 5.56 Å². The summed E-state index contributed by atoms with van der Waals surface area (Å²) in [5, 5.41) is 13.2. The molecule has 2 aromatic carbocycles. The molecule has 0 saturated heterocycles. The van der Waals surface area contributed by atoms with Crippen molar-refractivity contribution < 1.29 is 9.90 Å². The van der Waals surface area contributed by atoms with Crippen LogP contribution < -0.4 is 5.32 Å². The molecular formula is C19H15N5O2. The zero-order valence-electron chi connectivity index (χ0n) is 13.7. The SMILES string of the molecule is O=C(O)c1ccc2nc(-n3ccnc3)nc(NCc3ccccc3)c2c1. The van der Waals surface area contributed by atoms with Gasteiger partial charge in [0, 0.05) is 24.3 Å². The second kappa shape index (κ2) is 6.64. The van der Waals surface area contributed by atoms with E-state index in [1.807, 2.05) is 30.3 Å². The van der Waals surface area contributed by atoms with Crippen molar-refractivity contribution in [1.29, 1.82) is 0 Å². The highest BCUT2D eigenvalue weighted by Gasteiger charge is 2.12. The van der Waals surface area contributed by atoms with Crippen LogP contribution in [-0.2, 0) is 6.54 Å². The lowest BCUT2D eigenvalue weighted by Gasteiger charge is -2.12. The number of carbonyl (C=O) groups is 1. The van der Waals surface area contributed by atoms with E-state index in [9.17, 15) is 9.90 Å². The van der Waals surface area contributed by atoms with Crippen molar-refractivity contribution in [1.82, 2.24) is 19.5 Å². The average molecular weight is 345 g/mol. The van der Waals surface area contributed by atoms with Gasteiger partial charge in [0.1, 0.15) is 12.1 Å². The number of aromatic nitrogens is 4. The first-order valence-electron chi connectivity index (χ1n) is 8.02. The van der Waals surface area contributed by atoms with E-state index in [2.05, 4.69) is 20.3 Å². The van der Waals surface area contributed by atoms with Gasteiger partial charge in [-0.2, -0.15) is 4.98 Å². The standard InChI is InChI=1S/C19H15N5O2/c25-18(26)14-6-7-16-15(10-14)17(21-11-13-4-2-1-3-5-13)23-19(22-16)24-9-8-20-12-24/h1-10,12H,11H2,(H,25,26)(H,21,22,23). The number of hydrogen-bond acceptors (Lipinski definition) is 5. The normalized spacial score (nSPS) is 10.8. The molecule has 0 aliphatic rings. The second-order valence-electron chi connectivity index (χ2n) is 5.72. The number of nitrogens with zero attached hydrogens (tertiary/aromatic N) is 4. The molecule has 2 heterocycles. The Kier molecular flexibility index (Phi) is 4.03. The molecule has 0 aliphatic heterocycles. The average Bonchev–Trinajstić information content (AvgIpc) is 3.21. The van der Waals surface area contributed by atoms with Crippen LogP contribution in [0.5, 0.6) is 0 Å². The van der Waals surface area contributed by atoms with E-state index in [-0.39, 0.29) is 5.56 Å². The summed E-state index contributed by atoms with van der Waals surface area (Å²) in [6.07, 6.45) is 5.03. The zero-order valence-corrected chi connectivity index (χ0v) is 13.7. The fourth-order valence-electron chi connectivity index (χ4n) is 2.66. The molecule has 0 aliphatic carbocycles. The van der Waals surface area contributed by atoms with Crippen molar-refractivity contribution in [2.75, 3.05) is 5.32 Å². The van der Waals surface area contributed by atoms with Crippen LogP contribution in [0.3, 0.4) is 0 Å². The number of aromatic carboxylic acids is 1. The van der Waals surface area contributed by atoms with Crippen LogP contribution in [0.15, 0.2) is 67.3 Å². The predicted octanol–water partition coefficient (Wildman–Crippen LogP) is 3.13. The Morgan fingerprint density at radius 3 is 2.69 bits per heavy atom. The van der Waals surface area contributed by atoms with Gasteiger partial charge in [0.05, 0.1) is 11.1 Å². The monoisotopic (exact) mass is 345 g/mol. The molecule has 0 saturated carbocycles. The number of carboxylic acids is 1. The maximum Gasteiger partial charge on any atom is 0.335 e. The third kappa shape index (κ3) is 3.10. The zero-order chi connectivity index (χ0) is 17.9. The topological polar surface area (TPSA) is 92.9 Å². The summed E-state index contributed by atoms with van der Waals surface area (Å²) < 4.78 is 1.71. The van der Waals surface area contributed by atoms with Crippen molar-refractivity contribution in [2.45, 2.75) is 6.54 Å². The highest BCUT2D eigenvalue weighted by atomic mass is 16.4. The van der Waals surface area contributed by atoms with Crippen molar-refractivity contribution in [3.63, 3.8) is 0 Å². The number of hydrogen-bond donors (Lipinski definition) is 2. The lowest BCUT2D eigenvalue weighted by atomic mass is 10.1. The minimum absolute atomic E-state index is 0.194. The van der Waals surface area contributed by atoms with Gasteiger partial charge in [-0.3, -0.25) is 4.57 Å². The maximum absolute atomic E-state index is 11.3. The number of nitrogens with one attached hydrogen (secondary N) is 1. The highest BCUT2D eigenvalue weighted by molar-refractivity contribution is 5.97. The van der Waals surface area contributed by atoms with Gasteiger partial charge in [-0.1, -0.05) is 30.3 Å². The number of fused-ring (bicyclic) bond motifs is 1. The molecule has 7 nitrogen and oxygen atoms in total. The molecule has 0 bridgehead atoms. The highest BCUT2D eigenvalue weighted by Crippen LogP contribution is 2.24. The third-order valence-electron chi connectivity index (χ3n) is 3.97. The molecule has 0 spiro atoms. The molecular weight excluding hydrogens is 330 g/mol. The Morgan fingerprint density at radius 2 is 1.96 bits per heavy atom. The second-order valence-corrected chi connectivity index (χ2v) is 5.72. The Hall–Kier alpha value is -3.74. The molecule has 7 heteroatoms. The van der Waals surface area contributed by atoms with E-state index >= 15 is 0 Å². The molecule has 0 atom stereocenters. The van der Waals surface area contributed by atoms with Crippen LogP contribution in [0, 0.1) is 0 Å². The summed E-state index contributed by atoms with van der Waals surface area (Å²) >= 11 is 0. The maximum atomic E-state index is 11.3. The number of carboxylic acid groups (broad SMARTS) is 1. The van der Waals surface area contributed by atoms with E-state index in [0.29, 0.717) is 29.2 Å². The summed E-state index contributed by atoms with van der Waals surface area (Å²) in [5.74, 6) is 0.0545. The van der Waals surface area contributed by atoms with Crippen molar-refractivity contribution in [3.8, 4) is 5.95 Å². The molecule has 0 radical (unpaired) electrons. The van der Waals surface area contributed by atoms with Gasteiger partial charge < -0.3 is 10.4 Å². The van der Waals surface area contributed by atoms with Gasteiger partial charge in [0.2, 0.25) is 5.95 Å². The van der Waals surface area contributed by atoms with Gasteiger partial charge in [0.25, 0.3) is 0 Å². The summed E-state index contributed by atoms with van der Waals surface area (Å²) in [7, 11) is 0. The van der Waals surface area contributed by atoms with Gasteiger partial charge in [0.15, 0.2) is 0 Å². The molecule has 4 rings (SSSR count). The van der Waals surface area contributed by atoms with E-state index in [4.69, 9.17) is 0 Å². The quantitative estimate of drug-likeness (QED) is 0.577. The first kappa shape index (κ1) is 15.8. The van der Waals surface area contributed by atoms with E-state index in [1.54, 1.807) is 35.4 Å². The predicted molar refractivity (Wildman–Crippen MR) is 97.4 cm³/mol. The van der Waals surface area contributed by atoms with Crippen molar-refractivity contribution in [2.24, 2.45) is 0 Å². The number of benzene rings is 2. The molecule has 128 valence electrons. The summed E-state index contributed by atoms with van der Waals surface area (Å²) in [4.78, 5) is 24.4. The van der Waals surface area contributed by atoms with Crippen LogP contribution in [0.4, 0.5) is 5.82 Å². The Morgan fingerprint density at radius 1 is 1.12 bits per heavy atom. The van der Waals surface area contributed by atoms with Gasteiger partial charge >= 0.3 is 5.97 Å². The number of anilines is 1. The van der Waals surface area contributed by atoms with Crippen LogP contribution >= 0.6 is 0 Å². The smallest absolute Gasteiger partial charge is 0.335 e. The minimum Gasteiger partial charge on any atom is -0.478 e. The summed E-state index contributed by atoms with van der Waals surface area (Å²) in [6, 6.07) is 14.7. The first-order valence-corrected chi connectivity index (χ1v) is 8.02. The molecule has 0 fully saturated rings. The van der Waals surface area contributed by atoms with Crippen LogP contribution in [0.25, 0.3) is 16.9 Å². The largest absolute Gasteiger partial charge is 0.478 e. The lowest BCUT2D eigenvalue weighted by molar-refractivity contribution is 0.0697. The molecule has 4 aromatic rings. The van der Waals surface area contributed by atoms with E-state index in [1.165, 1.54) is 6.07 Å². The lowest BCUT2D eigenvalue weighted by Crippen LogP contribution is -2.07. The Labute approximate surface area is 149 Å². The summed E-state index contributed by atoms with van der Waals surface area (Å²) in [6.45, 7) is 0.563.